The highest BCUT2D eigenvalue weighted by molar-refractivity contribution is 7.10. The number of aromatic amines is 1. The number of aliphatic carboxylic acids is 1. The van der Waals surface area contributed by atoms with E-state index in [0.29, 0.717) is 19.5 Å². The Kier molecular flexibility index (Phi) is 3.61. The second-order valence-electron chi connectivity index (χ2n) is 4.75. The van der Waals surface area contributed by atoms with Gasteiger partial charge < -0.3 is 15.3 Å². The molecule has 0 saturated heterocycles. The van der Waals surface area contributed by atoms with Crippen molar-refractivity contribution < 1.29 is 14.7 Å². The zero-order valence-electron chi connectivity index (χ0n) is 11.1. The molecule has 8 heteroatoms. The summed E-state index contributed by atoms with van der Waals surface area (Å²) in [6, 6.07) is 0.499. The molecule has 1 aliphatic heterocycles. The molecule has 3 heterocycles. The number of hydrogen-bond donors (Lipinski definition) is 3. The molecular formula is C13H14N4O3S. The van der Waals surface area contributed by atoms with Gasteiger partial charge >= 0.3 is 12.0 Å². The Balaban J connectivity index is 1.74. The first-order chi connectivity index (χ1) is 10.2. The number of aromatic nitrogens is 2. The third-order valence-electron chi connectivity index (χ3n) is 3.46. The van der Waals surface area contributed by atoms with E-state index in [2.05, 4.69) is 15.5 Å². The molecule has 2 aromatic heterocycles. The zero-order valence-corrected chi connectivity index (χ0v) is 11.9. The fourth-order valence-electron chi connectivity index (χ4n) is 2.45. The molecule has 21 heavy (non-hydrogen) atoms. The number of carbonyl (C=O) groups is 2. The summed E-state index contributed by atoms with van der Waals surface area (Å²) in [6.07, 6.45) is 3.99. The molecule has 1 unspecified atom stereocenters. The maximum atomic E-state index is 12.3. The lowest BCUT2D eigenvalue weighted by atomic mass is 10.0. The van der Waals surface area contributed by atoms with Gasteiger partial charge in [-0.2, -0.15) is 5.10 Å². The Morgan fingerprint density at radius 2 is 2.43 bits per heavy atom. The standard InChI is InChI=1S/C13H14N4O3S/c18-12(19)11-9-2-4-21-10(9)1-3-17(11)13(20)14-5-8-6-15-16-7-8/h2,4,6-7,11H,1,3,5H2,(H,14,20)(H,15,16)(H,18,19). The van der Waals surface area contributed by atoms with Crippen LogP contribution in [0.2, 0.25) is 0 Å². The topological polar surface area (TPSA) is 98.3 Å². The van der Waals surface area contributed by atoms with Crippen molar-refractivity contribution in [3.8, 4) is 0 Å². The maximum absolute atomic E-state index is 12.3. The second kappa shape index (κ2) is 5.57. The second-order valence-corrected chi connectivity index (χ2v) is 5.75. The molecular weight excluding hydrogens is 292 g/mol. The quantitative estimate of drug-likeness (QED) is 0.797. The van der Waals surface area contributed by atoms with Crippen LogP contribution in [-0.4, -0.2) is 38.7 Å². The van der Waals surface area contributed by atoms with Crippen LogP contribution in [0, 0.1) is 0 Å². The van der Waals surface area contributed by atoms with Crippen LogP contribution in [0.1, 0.15) is 22.0 Å². The molecule has 0 aliphatic carbocycles. The summed E-state index contributed by atoms with van der Waals surface area (Å²) in [5.41, 5.74) is 1.56. The molecule has 0 bridgehead atoms. The van der Waals surface area contributed by atoms with E-state index in [9.17, 15) is 14.7 Å². The van der Waals surface area contributed by atoms with Gasteiger partial charge in [-0.15, -0.1) is 11.3 Å². The van der Waals surface area contributed by atoms with E-state index < -0.39 is 12.0 Å². The summed E-state index contributed by atoms with van der Waals surface area (Å²) in [5, 5.41) is 20.5. The number of nitrogens with zero attached hydrogens (tertiary/aromatic N) is 2. The monoisotopic (exact) mass is 306 g/mol. The number of hydrogen-bond acceptors (Lipinski definition) is 4. The molecule has 1 aliphatic rings. The lowest BCUT2D eigenvalue weighted by molar-refractivity contribution is -0.142. The summed E-state index contributed by atoms with van der Waals surface area (Å²) in [6.45, 7) is 0.719. The van der Waals surface area contributed by atoms with E-state index >= 15 is 0 Å². The summed E-state index contributed by atoms with van der Waals surface area (Å²) in [5.74, 6) is -1.01. The number of carboxylic acids is 1. The van der Waals surface area contributed by atoms with Crippen molar-refractivity contribution in [2.75, 3.05) is 6.54 Å². The summed E-state index contributed by atoms with van der Waals surface area (Å²) in [4.78, 5) is 26.2. The lowest BCUT2D eigenvalue weighted by Gasteiger charge is -2.33. The van der Waals surface area contributed by atoms with E-state index in [-0.39, 0.29) is 6.03 Å². The molecule has 0 spiro atoms. The number of H-pyrrole nitrogens is 1. The Morgan fingerprint density at radius 3 is 3.14 bits per heavy atom. The van der Waals surface area contributed by atoms with Crippen molar-refractivity contribution >= 4 is 23.3 Å². The average molecular weight is 306 g/mol. The van der Waals surface area contributed by atoms with Crippen molar-refractivity contribution in [2.45, 2.75) is 19.0 Å². The van der Waals surface area contributed by atoms with Crippen LogP contribution in [0.25, 0.3) is 0 Å². The van der Waals surface area contributed by atoms with Gasteiger partial charge in [0.15, 0.2) is 6.04 Å². The van der Waals surface area contributed by atoms with Gasteiger partial charge in [-0.25, -0.2) is 9.59 Å². The van der Waals surface area contributed by atoms with Crippen molar-refractivity contribution in [3.05, 3.63) is 39.8 Å². The molecule has 0 saturated carbocycles. The van der Waals surface area contributed by atoms with Crippen LogP contribution in [0.15, 0.2) is 23.8 Å². The SMILES string of the molecule is O=C(O)C1c2ccsc2CCN1C(=O)NCc1cn[nH]c1. The molecule has 110 valence electrons. The lowest BCUT2D eigenvalue weighted by Crippen LogP contribution is -2.47. The minimum atomic E-state index is -1.01. The average Bonchev–Trinajstić information content (AvgIpc) is 3.14. The van der Waals surface area contributed by atoms with E-state index in [4.69, 9.17) is 0 Å². The van der Waals surface area contributed by atoms with E-state index in [0.717, 1.165) is 16.0 Å². The fourth-order valence-corrected chi connectivity index (χ4v) is 3.36. The van der Waals surface area contributed by atoms with E-state index in [1.807, 2.05) is 5.38 Å². The molecule has 0 fully saturated rings. The van der Waals surface area contributed by atoms with Crippen LogP contribution < -0.4 is 5.32 Å². The van der Waals surface area contributed by atoms with E-state index in [1.165, 1.54) is 16.2 Å². The largest absolute Gasteiger partial charge is 0.479 e. The minimum Gasteiger partial charge on any atom is -0.479 e. The predicted octanol–water partition coefficient (Wildman–Crippen LogP) is 1.36. The molecule has 3 N–H and O–H groups in total. The number of nitrogens with one attached hydrogen (secondary N) is 2. The van der Waals surface area contributed by atoms with Gasteiger partial charge in [0.05, 0.1) is 6.20 Å². The summed E-state index contributed by atoms with van der Waals surface area (Å²) < 4.78 is 0. The Morgan fingerprint density at radius 1 is 1.57 bits per heavy atom. The molecule has 1 atom stereocenters. The van der Waals surface area contributed by atoms with Gasteiger partial charge in [0, 0.05) is 29.7 Å². The molecule has 2 aromatic rings. The molecule has 2 amide bonds. The van der Waals surface area contributed by atoms with Crippen LogP contribution in [0.4, 0.5) is 4.79 Å². The van der Waals surface area contributed by atoms with Gasteiger partial charge in [-0.05, 0) is 23.4 Å². The summed E-state index contributed by atoms with van der Waals surface area (Å²) >= 11 is 1.54. The Bertz CT molecular complexity index is 652. The van der Waals surface area contributed by atoms with Crippen molar-refractivity contribution in [1.29, 1.82) is 0 Å². The normalized spacial score (nSPS) is 17.3. The van der Waals surface area contributed by atoms with Crippen molar-refractivity contribution in [1.82, 2.24) is 20.4 Å². The highest BCUT2D eigenvalue weighted by atomic mass is 32.1. The number of rotatable bonds is 3. The predicted molar refractivity (Wildman–Crippen MR) is 75.9 cm³/mol. The van der Waals surface area contributed by atoms with Crippen LogP contribution in [0.5, 0.6) is 0 Å². The highest BCUT2D eigenvalue weighted by Gasteiger charge is 2.36. The van der Waals surface area contributed by atoms with Crippen molar-refractivity contribution in [3.63, 3.8) is 0 Å². The smallest absolute Gasteiger partial charge is 0.331 e. The number of urea groups is 1. The van der Waals surface area contributed by atoms with Gasteiger partial charge in [-0.3, -0.25) is 5.10 Å². The number of carboxylic acid groups (broad SMARTS) is 1. The highest BCUT2D eigenvalue weighted by Crippen LogP contribution is 2.33. The molecule has 3 rings (SSSR count). The van der Waals surface area contributed by atoms with Crippen LogP contribution in [0.3, 0.4) is 0 Å². The minimum absolute atomic E-state index is 0.314. The Labute approximate surface area is 124 Å². The molecule has 0 aromatic carbocycles. The third-order valence-corrected chi connectivity index (χ3v) is 4.46. The number of carbonyl (C=O) groups excluding carboxylic acids is 1. The summed E-state index contributed by atoms with van der Waals surface area (Å²) in [7, 11) is 0. The first-order valence-corrected chi connectivity index (χ1v) is 7.36. The first-order valence-electron chi connectivity index (χ1n) is 6.48. The van der Waals surface area contributed by atoms with Crippen LogP contribution in [-0.2, 0) is 17.8 Å². The zero-order chi connectivity index (χ0) is 14.8. The van der Waals surface area contributed by atoms with Gasteiger partial charge in [-0.1, -0.05) is 0 Å². The van der Waals surface area contributed by atoms with Crippen LogP contribution >= 0.6 is 11.3 Å². The molecule has 7 nitrogen and oxygen atoms in total. The van der Waals surface area contributed by atoms with Gasteiger partial charge in [0.25, 0.3) is 0 Å². The van der Waals surface area contributed by atoms with Gasteiger partial charge in [0.1, 0.15) is 0 Å². The molecule has 0 radical (unpaired) electrons. The first kappa shape index (κ1) is 13.6. The fraction of sp³-hybridized carbons (Fsp3) is 0.308. The number of thiophene rings is 1. The maximum Gasteiger partial charge on any atom is 0.331 e. The Hall–Kier alpha value is -2.35. The third kappa shape index (κ3) is 2.62. The van der Waals surface area contributed by atoms with E-state index in [1.54, 1.807) is 18.5 Å². The van der Waals surface area contributed by atoms with Crippen molar-refractivity contribution in [2.24, 2.45) is 0 Å². The number of amides is 2. The number of fused-ring (bicyclic) bond motifs is 1. The van der Waals surface area contributed by atoms with Gasteiger partial charge in [0.2, 0.25) is 0 Å².